The van der Waals surface area contributed by atoms with Crippen LogP contribution < -0.4 is 14.8 Å². The maximum Gasteiger partial charge on any atom is 0.276 e. The van der Waals surface area contributed by atoms with Crippen molar-refractivity contribution in [3.8, 4) is 11.5 Å². The van der Waals surface area contributed by atoms with E-state index in [-0.39, 0.29) is 5.91 Å². The summed E-state index contributed by atoms with van der Waals surface area (Å²) in [6.45, 7) is 2.81. The molecule has 0 atom stereocenters. The molecule has 0 fully saturated rings. The molecule has 1 N–H and O–H groups in total. The van der Waals surface area contributed by atoms with Crippen LogP contribution in [-0.4, -0.2) is 29.1 Å². The van der Waals surface area contributed by atoms with Crippen LogP contribution in [0.4, 0.5) is 5.69 Å². The van der Waals surface area contributed by atoms with E-state index in [9.17, 15) is 4.79 Å². The minimum absolute atomic E-state index is 0.303. The van der Waals surface area contributed by atoms with Crippen molar-refractivity contribution in [1.82, 2.24) is 9.97 Å². The first-order chi connectivity index (χ1) is 11.7. The number of carbonyl (C=O) groups is 1. The molecule has 2 heterocycles. The minimum atomic E-state index is -0.303. The predicted molar refractivity (Wildman–Crippen MR) is 89.7 cm³/mol. The Hall–Kier alpha value is -3.15. The number of amides is 1. The van der Waals surface area contributed by atoms with Gasteiger partial charge in [0.2, 0.25) is 0 Å². The molecule has 24 heavy (non-hydrogen) atoms. The summed E-state index contributed by atoms with van der Waals surface area (Å²) >= 11 is 0. The van der Waals surface area contributed by atoms with Crippen molar-refractivity contribution in [3.63, 3.8) is 0 Å². The van der Waals surface area contributed by atoms with E-state index >= 15 is 0 Å². The van der Waals surface area contributed by atoms with Gasteiger partial charge in [-0.2, -0.15) is 0 Å². The van der Waals surface area contributed by atoms with E-state index in [1.807, 2.05) is 24.3 Å². The number of rotatable bonds is 2. The van der Waals surface area contributed by atoms with Gasteiger partial charge >= 0.3 is 0 Å². The Morgan fingerprint density at radius 2 is 1.71 bits per heavy atom. The van der Waals surface area contributed by atoms with Gasteiger partial charge in [0, 0.05) is 11.8 Å². The summed E-state index contributed by atoms with van der Waals surface area (Å²) in [5.41, 5.74) is 2.98. The van der Waals surface area contributed by atoms with Crippen molar-refractivity contribution in [2.75, 3.05) is 18.5 Å². The molecular formula is C18H15N3O3. The van der Waals surface area contributed by atoms with Crippen LogP contribution in [0.15, 0.2) is 42.5 Å². The maximum absolute atomic E-state index is 12.6. The molecular weight excluding hydrogens is 306 g/mol. The van der Waals surface area contributed by atoms with Gasteiger partial charge in [-0.1, -0.05) is 12.1 Å². The molecule has 0 bridgehead atoms. The highest BCUT2D eigenvalue weighted by Gasteiger charge is 2.16. The van der Waals surface area contributed by atoms with E-state index in [2.05, 4.69) is 15.3 Å². The first kappa shape index (κ1) is 14.4. The third kappa shape index (κ3) is 2.62. The third-order valence-electron chi connectivity index (χ3n) is 3.76. The fourth-order valence-electron chi connectivity index (χ4n) is 2.61. The standard InChI is InChI=1S/C18H15N3O3/c1-11-17(21-14-5-3-2-4-13(14)19-11)18(22)20-12-6-7-15-16(10-12)24-9-8-23-15/h2-7,10H,8-9H2,1H3,(H,20,22). The van der Waals surface area contributed by atoms with Crippen molar-refractivity contribution in [3.05, 3.63) is 53.9 Å². The molecule has 1 aromatic heterocycles. The van der Waals surface area contributed by atoms with E-state index in [1.165, 1.54) is 0 Å². The van der Waals surface area contributed by atoms with Gasteiger partial charge < -0.3 is 14.8 Å². The lowest BCUT2D eigenvalue weighted by atomic mass is 10.2. The number of aryl methyl sites for hydroxylation is 1. The Morgan fingerprint density at radius 1 is 1.00 bits per heavy atom. The van der Waals surface area contributed by atoms with Crippen LogP contribution >= 0.6 is 0 Å². The summed E-state index contributed by atoms with van der Waals surface area (Å²) in [6.07, 6.45) is 0. The van der Waals surface area contributed by atoms with E-state index in [0.717, 1.165) is 5.52 Å². The van der Waals surface area contributed by atoms with Gasteiger partial charge in [0.05, 0.1) is 16.7 Å². The highest BCUT2D eigenvalue weighted by molar-refractivity contribution is 6.04. The smallest absolute Gasteiger partial charge is 0.276 e. The van der Waals surface area contributed by atoms with Crippen molar-refractivity contribution in [2.45, 2.75) is 6.92 Å². The second kappa shape index (κ2) is 5.81. The normalized spacial score (nSPS) is 12.9. The Morgan fingerprint density at radius 3 is 2.50 bits per heavy atom. The van der Waals surface area contributed by atoms with Crippen molar-refractivity contribution in [2.24, 2.45) is 0 Å². The number of nitrogens with one attached hydrogen (secondary N) is 1. The topological polar surface area (TPSA) is 73.3 Å². The van der Waals surface area contributed by atoms with Crippen LogP contribution in [0.3, 0.4) is 0 Å². The molecule has 0 radical (unpaired) electrons. The summed E-state index contributed by atoms with van der Waals surface area (Å²) in [7, 11) is 0. The summed E-state index contributed by atoms with van der Waals surface area (Å²) in [4.78, 5) is 21.4. The zero-order valence-corrected chi connectivity index (χ0v) is 13.1. The molecule has 0 saturated carbocycles. The fraction of sp³-hybridized carbons (Fsp3) is 0.167. The summed E-state index contributed by atoms with van der Waals surface area (Å²) in [6, 6.07) is 12.8. The predicted octanol–water partition coefficient (Wildman–Crippen LogP) is 2.96. The second-order valence-corrected chi connectivity index (χ2v) is 5.46. The SMILES string of the molecule is Cc1nc2ccccc2nc1C(=O)Nc1ccc2c(c1)OCCO2. The number of hydrogen-bond donors (Lipinski definition) is 1. The van der Waals surface area contributed by atoms with Gasteiger partial charge in [0.25, 0.3) is 5.91 Å². The largest absolute Gasteiger partial charge is 0.486 e. The average Bonchev–Trinajstić information content (AvgIpc) is 2.61. The van der Waals surface area contributed by atoms with E-state index < -0.39 is 0 Å². The first-order valence-corrected chi connectivity index (χ1v) is 7.65. The monoisotopic (exact) mass is 321 g/mol. The highest BCUT2D eigenvalue weighted by atomic mass is 16.6. The molecule has 1 aliphatic rings. The van der Waals surface area contributed by atoms with Crippen molar-refractivity contribution < 1.29 is 14.3 Å². The van der Waals surface area contributed by atoms with Gasteiger partial charge in [0.1, 0.15) is 18.9 Å². The lowest BCUT2D eigenvalue weighted by molar-refractivity contribution is 0.102. The van der Waals surface area contributed by atoms with Gasteiger partial charge in [-0.15, -0.1) is 0 Å². The number of ether oxygens (including phenoxy) is 2. The molecule has 0 saturated heterocycles. The van der Waals surface area contributed by atoms with Gasteiger partial charge in [-0.05, 0) is 31.2 Å². The van der Waals surface area contributed by atoms with Crippen LogP contribution in [-0.2, 0) is 0 Å². The molecule has 2 aromatic carbocycles. The summed E-state index contributed by atoms with van der Waals surface area (Å²) in [5, 5.41) is 2.84. The lowest BCUT2D eigenvalue weighted by Crippen LogP contribution is -2.18. The van der Waals surface area contributed by atoms with Crippen LogP contribution in [0.2, 0.25) is 0 Å². The van der Waals surface area contributed by atoms with Crippen molar-refractivity contribution in [1.29, 1.82) is 0 Å². The summed E-state index contributed by atoms with van der Waals surface area (Å²) < 4.78 is 11.0. The summed E-state index contributed by atoms with van der Waals surface area (Å²) in [5.74, 6) is 1.00. The number of nitrogens with zero attached hydrogens (tertiary/aromatic N) is 2. The number of carbonyl (C=O) groups excluding carboxylic acids is 1. The number of para-hydroxylation sites is 2. The molecule has 1 amide bonds. The number of aromatic nitrogens is 2. The Labute approximate surface area is 138 Å². The molecule has 120 valence electrons. The average molecular weight is 321 g/mol. The Bertz CT molecular complexity index is 940. The van der Waals surface area contributed by atoms with E-state index in [1.54, 1.807) is 25.1 Å². The fourth-order valence-corrected chi connectivity index (χ4v) is 2.61. The lowest BCUT2D eigenvalue weighted by Gasteiger charge is -2.19. The molecule has 0 spiro atoms. The molecule has 0 unspecified atom stereocenters. The van der Waals surface area contributed by atoms with Crippen LogP contribution in [0.5, 0.6) is 11.5 Å². The maximum atomic E-state index is 12.6. The number of anilines is 1. The van der Waals surface area contributed by atoms with Gasteiger partial charge in [-0.25, -0.2) is 9.97 Å². The van der Waals surface area contributed by atoms with Crippen LogP contribution in [0, 0.1) is 6.92 Å². The number of hydrogen-bond acceptors (Lipinski definition) is 5. The highest BCUT2D eigenvalue weighted by Crippen LogP contribution is 2.32. The van der Waals surface area contributed by atoms with Gasteiger partial charge in [0.15, 0.2) is 11.5 Å². The number of benzene rings is 2. The molecule has 6 heteroatoms. The van der Waals surface area contributed by atoms with Crippen molar-refractivity contribution >= 4 is 22.6 Å². The minimum Gasteiger partial charge on any atom is -0.486 e. The molecule has 4 rings (SSSR count). The van der Waals surface area contributed by atoms with E-state index in [0.29, 0.717) is 47.3 Å². The first-order valence-electron chi connectivity index (χ1n) is 7.65. The van der Waals surface area contributed by atoms with Crippen LogP contribution in [0.25, 0.3) is 11.0 Å². The zero-order chi connectivity index (χ0) is 16.5. The Balaban J connectivity index is 1.63. The number of fused-ring (bicyclic) bond motifs is 2. The molecule has 6 nitrogen and oxygen atoms in total. The molecule has 1 aliphatic heterocycles. The quantitative estimate of drug-likeness (QED) is 0.785. The van der Waals surface area contributed by atoms with Crippen LogP contribution in [0.1, 0.15) is 16.2 Å². The second-order valence-electron chi connectivity index (χ2n) is 5.46. The van der Waals surface area contributed by atoms with Gasteiger partial charge in [-0.3, -0.25) is 4.79 Å². The Kier molecular flexibility index (Phi) is 3.49. The molecule has 3 aromatic rings. The zero-order valence-electron chi connectivity index (χ0n) is 13.1. The van der Waals surface area contributed by atoms with E-state index in [4.69, 9.17) is 9.47 Å². The third-order valence-corrected chi connectivity index (χ3v) is 3.76. The molecule has 0 aliphatic carbocycles.